The smallest absolute Gasteiger partial charge is 0.310 e. The molecule has 4 nitrogen and oxygen atoms in total. The summed E-state index contributed by atoms with van der Waals surface area (Å²) in [7, 11) is 0. The topological polar surface area (TPSA) is 66.4 Å². The molecular formula is C13H21NO3S. The number of rotatable bonds is 4. The molecule has 1 aliphatic carbocycles. The van der Waals surface area contributed by atoms with Crippen LogP contribution in [0, 0.1) is 5.41 Å². The van der Waals surface area contributed by atoms with Crippen molar-refractivity contribution in [1.29, 1.82) is 0 Å². The van der Waals surface area contributed by atoms with Crippen molar-refractivity contribution >= 4 is 23.6 Å². The summed E-state index contributed by atoms with van der Waals surface area (Å²) in [5.41, 5.74) is -0.798. The summed E-state index contributed by atoms with van der Waals surface area (Å²) < 4.78 is 0. The molecule has 1 unspecified atom stereocenters. The highest BCUT2D eigenvalue weighted by Gasteiger charge is 2.41. The van der Waals surface area contributed by atoms with E-state index in [4.69, 9.17) is 0 Å². The summed E-state index contributed by atoms with van der Waals surface area (Å²) >= 11 is 1.84. The van der Waals surface area contributed by atoms with Gasteiger partial charge in [0.1, 0.15) is 0 Å². The molecule has 2 fully saturated rings. The SMILES string of the molecule is O=C(CC1(C(=O)O)CCCCC1)NC1CCSC1. The molecule has 0 spiro atoms. The molecule has 1 amide bonds. The second-order valence-electron chi connectivity index (χ2n) is 5.45. The first kappa shape index (κ1) is 13.7. The van der Waals surface area contributed by atoms with Crippen molar-refractivity contribution < 1.29 is 14.7 Å². The monoisotopic (exact) mass is 271 g/mol. The standard InChI is InChI=1S/C13H21NO3S/c15-11(14-10-4-7-18-9-10)8-13(12(16)17)5-2-1-3-6-13/h10H,1-9H2,(H,14,15)(H,16,17). The van der Waals surface area contributed by atoms with Crippen LogP contribution < -0.4 is 5.32 Å². The first-order valence-electron chi connectivity index (χ1n) is 6.73. The highest BCUT2D eigenvalue weighted by atomic mass is 32.2. The summed E-state index contributed by atoms with van der Waals surface area (Å²) in [6.07, 6.45) is 5.41. The Morgan fingerprint density at radius 3 is 2.56 bits per heavy atom. The summed E-state index contributed by atoms with van der Waals surface area (Å²) in [4.78, 5) is 23.5. The van der Waals surface area contributed by atoms with Gasteiger partial charge in [0, 0.05) is 18.2 Å². The maximum atomic E-state index is 12.0. The minimum Gasteiger partial charge on any atom is -0.481 e. The molecule has 1 saturated heterocycles. The maximum Gasteiger partial charge on any atom is 0.310 e. The predicted molar refractivity (Wildman–Crippen MR) is 71.6 cm³/mol. The van der Waals surface area contributed by atoms with Crippen LogP contribution in [-0.2, 0) is 9.59 Å². The molecule has 2 N–H and O–H groups in total. The average Bonchev–Trinajstić information content (AvgIpc) is 2.82. The third kappa shape index (κ3) is 3.19. The van der Waals surface area contributed by atoms with Gasteiger partial charge >= 0.3 is 5.97 Å². The van der Waals surface area contributed by atoms with Crippen LogP contribution in [0.3, 0.4) is 0 Å². The molecule has 5 heteroatoms. The Kier molecular flexibility index (Phi) is 4.54. The van der Waals surface area contributed by atoms with Gasteiger partial charge in [-0.15, -0.1) is 0 Å². The second-order valence-corrected chi connectivity index (χ2v) is 6.60. The van der Waals surface area contributed by atoms with Crippen LogP contribution in [0.2, 0.25) is 0 Å². The molecule has 0 aromatic rings. The Balaban J connectivity index is 1.91. The van der Waals surface area contributed by atoms with Crippen molar-refractivity contribution in [3.05, 3.63) is 0 Å². The molecule has 1 aliphatic heterocycles. The number of thioether (sulfide) groups is 1. The Morgan fingerprint density at radius 1 is 1.28 bits per heavy atom. The molecule has 0 aromatic carbocycles. The minimum absolute atomic E-state index is 0.0770. The molecule has 1 atom stereocenters. The van der Waals surface area contributed by atoms with Gasteiger partial charge in [0.15, 0.2) is 0 Å². The van der Waals surface area contributed by atoms with Gasteiger partial charge in [-0.25, -0.2) is 0 Å². The fraction of sp³-hybridized carbons (Fsp3) is 0.846. The van der Waals surface area contributed by atoms with E-state index in [0.717, 1.165) is 37.2 Å². The van der Waals surface area contributed by atoms with E-state index in [9.17, 15) is 14.7 Å². The van der Waals surface area contributed by atoms with Crippen molar-refractivity contribution in [2.24, 2.45) is 5.41 Å². The van der Waals surface area contributed by atoms with E-state index in [1.54, 1.807) is 0 Å². The third-order valence-electron chi connectivity index (χ3n) is 4.06. The molecule has 102 valence electrons. The van der Waals surface area contributed by atoms with E-state index >= 15 is 0 Å². The summed E-state index contributed by atoms with van der Waals surface area (Å²) in [6.45, 7) is 0. The highest BCUT2D eigenvalue weighted by molar-refractivity contribution is 7.99. The normalized spacial score (nSPS) is 26.8. The molecule has 0 radical (unpaired) electrons. The van der Waals surface area contributed by atoms with E-state index in [2.05, 4.69) is 5.32 Å². The van der Waals surface area contributed by atoms with E-state index in [1.165, 1.54) is 0 Å². The lowest BCUT2D eigenvalue weighted by molar-refractivity contribution is -0.154. The first-order chi connectivity index (χ1) is 8.62. The number of hydrogen-bond acceptors (Lipinski definition) is 3. The lowest BCUT2D eigenvalue weighted by atomic mass is 9.71. The zero-order valence-electron chi connectivity index (χ0n) is 10.6. The van der Waals surface area contributed by atoms with Crippen LogP contribution in [0.1, 0.15) is 44.9 Å². The maximum absolute atomic E-state index is 12.0. The quantitative estimate of drug-likeness (QED) is 0.821. The van der Waals surface area contributed by atoms with Crippen molar-refractivity contribution in [2.75, 3.05) is 11.5 Å². The molecule has 1 heterocycles. The fourth-order valence-electron chi connectivity index (χ4n) is 2.93. The van der Waals surface area contributed by atoms with Crippen molar-refractivity contribution in [3.8, 4) is 0 Å². The second kappa shape index (κ2) is 5.95. The Morgan fingerprint density at radius 2 is 2.00 bits per heavy atom. The summed E-state index contributed by atoms with van der Waals surface area (Å²) in [5, 5.41) is 12.4. The number of nitrogens with one attached hydrogen (secondary N) is 1. The van der Waals surface area contributed by atoms with Crippen molar-refractivity contribution in [3.63, 3.8) is 0 Å². The molecule has 0 aromatic heterocycles. The van der Waals surface area contributed by atoms with Gasteiger partial charge in [0.05, 0.1) is 5.41 Å². The van der Waals surface area contributed by atoms with Gasteiger partial charge in [0.2, 0.25) is 5.91 Å². The zero-order chi connectivity index (χ0) is 13.0. The van der Waals surface area contributed by atoms with Crippen LogP contribution in [0.15, 0.2) is 0 Å². The molecule has 2 aliphatic rings. The van der Waals surface area contributed by atoms with Gasteiger partial charge in [-0.1, -0.05) is 19.3 Å². The first-order valence-corrected chi connectivity index (χ1v) is 7.88. The number of carbonyl (C=O) groups is 2. The van der Waals surface area contributed by atoms with Crippen molar-refractivity contribution in [1.82, 2.24) is 5.32 Å². The number of carbonyl (C=O) groups excluding carboxylic acids is 1. The summed E-state index contributed by atoms with van der Waals surface area (Å²) in [5.74, 6) is 1.19. The van der Waals surface area contributed by atoms with Crippen LogP contribution in [0.5, 0.6) is 0 Å². The van der Waals surface area contributed by atoms with Gasteiger partial charge in [0.25, 0.3) is 0 Å². The van der Waals surface area contributed by atoms with Crippen molar-refractivity contribution in [2.45, 2.75) is 51.0 Å². The number of aliphatic carboxylic acids is 1. The van der Waals surface area contributed by atoms with Gasteiger partial charge in [-0.2, -0.15) is 11.8 Å². The molecular weight excluding hydrogens is 250 g/mol. The average molecular weight is 271 g/mol. The number of amides is 1. The van der Waals surface area contributed by atoms with E-state index in [1.807, 2.05) is 11.8 Å². The van der Waals surface area contributed by atoms with Gasteiger partial charge in [-0.05, 0) is 25.0 Å². The lowest BCUT2D eigenvalue weighted by Gasteiger charge is -2.32. The molecule has 0 bridgehead atoms. The Bertz CT molecular complexity index is 320. The van der Waals surface area contributed by atoms with E-state index < -0.39 is 11.4 Å². The van der Waals surface area contributed by atoms with Crippen LogP contribution in [0.4, 0.5) is 0 Å². The van der Waals surface area contributed by atoms with Crippen LogP contribution >= 0.6 is 11.8 Å². The largest absolute Gasteiger partial charge is 0.481 e. The fourth-order valence-corrected chi connectivity index (χ4v) is 4.08. The number of carboxylic acid groups (broad SMARTS) is 1. The van der Waals surface area contributed by atoms with Gasteiger partial charge < -0.3 is 10.4 Å². The zero-order valence-corrected chi connectivity index (χ0v) is 11.4. The van der Waals surface area contributed by atoms with Crippen LogP contribution in [0.25, 0.3) is 0 Å². The molecule has 2 rings (SSSR count). The van der Waals surface area contributed by atoms with E-state index in [-0.39, 0.29) is 18.4 Å². The Hall–Kier alpha value is -0.710. The molecule has 18 heavy (non-hydrogen) atoms. The van der Waals surface area contributed by atoms with E-state index in [0.29, 0.717) is 12.8 Å². The molecule has 1 saturated carbocycles. The minimum atomic E-state index is -0.798. The number of carboxylic acids is 1. The lowest BCUT2D eigenvalue weighted by Crippen LogP contribution is -2.42. The predicted octanol–water partition coefficient (Wildman–Crippen LogP) is 2.03. The number of hydrogen-bond donors (Lipinski definition) is 2. The van der Waals surface area contributed by atoms with Crippen LogP contribution in [-0.4, -0.2) is 34.5 Å². The summed E-state index contributed by atoms with van der Waals surface area (Å²) in [6, 6.07) is 0.247. The third-order valence-corrected chi connectivity index (χ3v) is 5.22. The van der Waals surface area contributed by atoms with Gasteiger partial charge in [-0.3, -0.25) is 9.59 Å². The Labute approximate surface area is 112 Å². The highest BCUT2D eigenvalue weighted by Crippen LogP contribution is 2.39.